The van der Waals surface area contributed by atoms with Gasteiger partial charge in [-0.15, -0.1) is 0 Å². The fourth-order valence-electron chi connectivity index (χ4n) is 1.59. The average molecular weight is 300 g/mol. The first-order chi connectivity index (χ1) is 8.75. The molecule has 0 aliphatic carbocycles. The van der Waals surface area contributed by atoms with Gasteiger partial charge in [-0.2, -0.15) is 0 Å². The molecule has 0 aliphatic heterocycles. The van der Waals surface area contributed by atoms with E-state index < -0.39 is 0 Å². The zero-order valence-electron chi connectivity index (χ0n) is 10.2. The minimum atomic E-state index is 0.645. The molecule has 0 unspecified atom stereocenters. The fourth-order valence-corrected chi connectivity index (χ4v) is 1.95. The highest BCUT2D eigenvalue weighted by atomic mass is 79.9. The van der Waals surface area contributed by atoms with E-state index in [2.05, 4.69) is 52.1 Å². The molecule has 0 atom stereocenters. The third kappa shape index (κ3) is 3.65. The van der Waals surface area contributed by atoms with Crippen molar-refractivity contribution in [1.82, 2.24) is 0 Å². The fraction of sp³-hybridized carbons (Fsp3) is 0.125. The third-order valence-electron chi connectivity index (χ3n) is 2.57. The number of benzene rings is 2. The Kier molecular flexibility index (Phi) is 4.44. The van der Waals surface area contributed by atoms with E-state index in [1.807, 2.05) is 36.4 Å². The van der Waals surface area contributed by atoms with Crippen LogP contribution >= 0.6 is 15.9 Å². The van der Waals surface area contributed by atoms with Crippen molar-refractivity contribution in [3.63, 3.8) is 0 Å². The van der Waals surface area contributed by atoms with Crippen LogP contribution in [0, 0.1) is 18.8 Å². The van der Waals surface area contributed by atoms with E-state index in [9.17, 15) is 0 Å². The Hall–Kier alpha value is -1.72. The minimum Gasteiger partial charge on any atom is -0.374 e. The lowest BCUT2D eigenvalue weighted by Gasteiger charge is -2.06. The van der Waals surface area contributed by atoms with Gasteiger partial charge < -0.3 is 5.32 Å². The van der Waals surface area contributed by atoms with E-state index >= 15 is 0 Å². The number of aryl methyl sites for hydroxylation is 1. The van der Waals surface area contributed by atoms with Crippen LogP contribution in [0.5, 0.6) is 0 Å². The Morgan fingerprint density at radius 1 is 1.11 bits per heavy atom. The van der Waals surface area contributed by atoms with Gasteiger partial charge in [-0.25, -0.2) is 0 Å². The van der Waals surface area contributed by atoms with Crippen molar-refractivity contribution in [3.05, 3.63) is 64.1 Å². The number of anilines is 1. The van der Waals surface area contributed by atoms with Gasteiger partial charge in [0.05, 0.1) is 6.54 Å². The number of halogens is 1. The van der Waals surface area contributed by atoms with Crippen LogP contribution in [0.2, 0.25) is 0 Å². The van der Waals surface area contributed by atoms with Crippen LogP contribution in [0.3, 0.4) is 0 Å². The van der Waals surface area contributed by atoms with Crippen molar-refractivity contribution in [2.24, 2.45) is 0 Å². The molecule has 0 saturated heterocycles. The van der Waals surface area contributed by atoms with E-state index in [0.717, 1.165) is 15.7 Å². The molecule has 0 amide bonds. The highest BCUT2D eigenvalue weighted by Gasteiger charge is 1.96. The van der Waals surface area contributed by atoms with Gasteiger partial charge in [0.1, 0.15) is 0 Å². The van der Waals surface area contributed by atoms with E-state index in [-0.39, 0.29) is 0 Å². The van der Waals surface area contributed by atoms with Crippen molar-refractivity contribution in [1.29, 1.82) is 0 Å². The van der Waals surface area contributed by atoms with Crippen LogP contribution in [-0.2, 0) is 0 Å². The molecule has 0 spiro atoms. The average Bonchev–Trinajstić information content (AvgIpc) is 2.40. The molecule has 0 fully saturated rings. The summed E-state index contributed by atoms with van der Waals surface area (Å²) in [7, 11) is 0. The van der Waals surface area contributed by atoms with Crippen molar-refractivity contribution < 1.29 is 0 Å². The SMILES string of the molecule is Cc1ccc(Br)cc1NCC#Cc1ccccc1. The quantitative estimate of drug-likeness (QED) is 0.819. The summed E-state index contributed by atoms with van der Waals surface area (Å²) in [6.07, 6.45) is 0. The first kappa shape index (κ1) is 12.7. The topological polar surface area (TPSA) is 12.0 Å². The molecule has 0 radical (unpaired) electrons. The summed E-state index contributed by atoms with van der Waals surface area (Å²) in [5.41, 5.74) is 3.39. The first-order valence-electron chi connectivity index (χ1n) is 5.79. The van der Waals surface area contributed by atoms with Crippen LogP contribution in [0.15, 0.2) is 53.0 Å². The molecule has 2 rings (SSSR count). The second-order valence-corrected chi connectivity index (χ2v) is 4.90. The van der Waals surface area contributed by atoms with Gasteiger partial charge in [0, 0.05) is 15.7 Å². The van der Waals surface area contributed by atoms with E-state index in [0.29, 0.717) is 6.54 Å². The summed E-state index contributed by atoms with van der Waals surface area (Å²) in [5, 5.41) is 3.32. The molecule has 0 aliphatic rings. The Bertz CT molecular complexity index is 579. The number of hydrogen-bond acceptors (Lipinski definition) is 1. The van der Waals surface area contributed by atoms with Crippen molar-refractivity contribution >= 4 is 21.6 Å². The summed E-state index contributed by atoms with van der Waals surface area (Å²) >= 11 is 3.47. The Labute approximate surface area is 116 Å². The molecular weight excluding hydrogens is 286 g/mol. The maximum atomic E-state index is 3.47. The number of hydrogen-bond donors (Lipinski definition) is 1. The predicted octanol–water partition coefficient (Wildman–Crippen LogP) is 4.22. The summed E-state index contributed by atoms with van der Waals surface area (Å²) in [6.45, 7) is 2.73. The maximum Gasteiger partial charge on any atom is 0.0769 e. The molecule has 0 aromatic heterocycles. The predicted molar refractivity (Wildman–Crippen MR) is 80.7 cm³/mol. The van der Waals surface area contributed by atoms with Gasteiger partial charge in [-0.05, 0) is 36.8 Å². The first-order valence-corrected chi connectivity index (χ1v) is 6.59. The van der Waals surface area contributed by atoms with E-state index in [1.165, 1.54) is 5.56 Å². The van der Waals surface area contributed by atoms with E-state index in [1.54, 1.807) is 0 Å². The van der Waals surface area contributed by atoms with Gasteiger partial charge in [0.2, 0.25) is 0 Å². The standard InChI is InChI=1S/C16H14BrN/c1-13-9-10-15(17)12-16(13)18-11-5-8-14-6-3-2-4-7-14/h2-4,6-7,9-10,12,18H,11H2,1H3. The highest BCUT2D eigenvalue weighted by molar-refractivity contribution is 9.10. The van der Waals surface area contributed by atoms with E-state index in [4.69, 9.17) is 0 Å². The van der Waals surface area contributed by atoms with Gasteiger partial charge >= 0.3 is 0 Å². The zero-order valence-corrected chi connectivity index (χ0v) is 11.8. The lowest BCUT2D eigenvalue weighted by Crippen LogP contribution is -2.00. The molecule has 18 heavy (non-hydrogen) atoms. The van der Waals surface area contributed by atoms with Crippen molar-refractivity contribution in [3.8, 4) is 11.8 Å². The molecule has 90 valence electrons. The third-order valence-corrected chi connectivity index (χ3v) is 3.07. The van der Waals surface area contributed by atoms with Crippen LogP contribution in [-0.4, -0.2) is 6.54 Å². The molecule has 0 saturated carbocycles. The number of nitrogens with one attached hydrogen (secondary N) is 1. The summed E-state index contributed by atoms with van der Waals surface area (Å²) in [6, 6.07) is 16.2. The second-order valence-electron chi connectivity index (χ2n) is 3.98. The van der Waals surface area contributed by atoms with Crippen LogP contribution < -0.4 is 5.32 Å². The maximum absolute atomic E-state index is 3.47. The minimum absolute atomic E-state index is 0.645. The Morgan fingerprint density at radius 3 is 2.67 bits per heavy atom. The largest absolute Gasteiger partial charge is 0.374 e. The zero-order chi connectivity index (χ0) is 12.8. The van der Waals surface area contributed by atoms with Crippen LogP contribution in [0.25, 0.3) is 0 Å². The van der Waals surface area contributed by atoms with Crippen LogP contribution in [0.4, 0.5) is 5.69 Å². The summed E-state index contributed by atoms with van der Waals surface area (Å²) < 4.78 is 1.08. The molecule has 0 bridgehead atoms. The van der Waals surface area contributed by atoms with Gasteiger partial charge in [-0.3, -0.25) is 0 Å². The lowest BCUT2D eigenvalue weighted by molar-refractivity contribution is 1.32. The molecule has 2 aromatic carbocycles. The Morgan fingerprint density at radius 2 is 1.89 bits per heavy atom. The lowest BCUT2D eigenvalue weighted by atomic mass is 10.2. The van der Waals surface area contributed by atoms with Gasteiger partial charge in [0.15, 0.2) is 0 Å². The monoisotopic (exact) mass is 299 g/mol. The Balaban J connectivity index is 1.97. The molecular formula is C16H14BrN. The summed E-state index contributed by atoms with van der Waals surface area (Å²) in [5.74, 6) is 6.25. The molecule has 1 nitrogen and oxygen atoms in total. The van der Waals surface area contributed by atoms with Crippen LogP contribution in [0.1, 0.15) is 11.1 Å². The van der Waals surface area contributed by atoms with Gasteiger partial charge in [-0.1, -0.05) is 52.0 Å². The van der Waals surface area contributed by atoms with Crippen molar-refractivity contribution in [2.75, 3.05) is 11.9 Å². The molecule has 2 heteroatoms. The summed E-state index contributed by atoms with van der Waals surface area (Å²) in [4.78, 5) is 0. The molecule has 2 aromatic rings. The second kappa shape index (κ2) is 6.28. The van der Waals surface area contributed by atoms with Gasteiger partial charge in [0.25, 0.3) is 0 Å². The normalized spacial score (nSPS) is 9.44. The molecule has 0 heterocycles. The smallest absolute Gasteiger partial charge is 0.0769 e. The van der Waals surface area contributed by atoms with Crippen molar-refractivity contribution in [2.45, 2.75) is 6.92 Å². The highest BCUT2D eigenvalue weighted by Crippen LogP contribution is 2.20. The molecule has 1 N–H and O–H groups in total. The number of rotatable bonds is 2.